The molecule has 148 valence electrons. The molecule has 0 saturated heterocycles. The van der Waals surface area contributed by atoms with Gasteiger partial charge < -0.3 is 5.32 Å². The van der Waals surface area contributed by atoms with Gasteiger partial charge in [-0.15, -0.1) is 21.5 Å². The van der Waals surface area contributed by atoms with Crippen LogP contribution in [-0.4, -0.2) is 20.9 Å². The Labute approximate surface area is 183 Å². The number of hydrogen-bond donors (Lipinski definition) is 1. The van der Waals surface area contributed by atoms with Crippen molar-refractivity contribution in [1.82, 2.24) is 15.0 Å². The SMILES string of the molecule is O=C(Nc1ccc2nn(-c3ccc(F)cc3)nc2c1)c1sc2cc(Cl)ccc2c1Cl. The van der Waals surface area contributed by atoms with Gasteiger partial charge in [0.05, 0.1) is 10.7 Å². The molecule has 0 bridgehead atoms. The van der Waals surface area contributed by atoms with Gasteiger partial charge in [-0.25, -0.2) is 4.39 Å². The van der Waals surface area contributed by atoms with Crippen LogP contribution in [0.25, 0.3) is 26.8 Å². The van der Waals surface area contributed by atoms with E-state index in [0.29, 0.717) is 37.3 Å². The zero-order valence-corrected chi connectivity index (χ0v) is 17.4. The minimum Gasteiger partial charge on any atom is -0.321 e. The maximum Gasteiger partial charge on any atom is 0.267 e. The van der Waals surface area contributed by atoms with Gasteiger partial charge in [-0.1, -0.05) is 29.3 Å². The van der Waals surface area contributed by atoms with Crippen LogP contribution in [-0.2, 0) is 0 Å². The number of rotatable bonds is 3. The molecule has 9 heteroatoms. The molecule has 0 spiro atoms. The van der Waals surface area contributed by atoms with Crippen molar-refractivity contribution in [2.75, 3.05) is 5.32 Å². The van der Waals surface area contributed by atoms with Gasteiger partial charge in [0.15, 0.2) is 0 Å². The summed E-state index contributed by atoms with van der Waals surface area (Å²) in [6.45, 7) is 0. The van der Waals surface area contributed by atoms with E-state index in [2.05, 4.69) is 15.5 Å². The van der Waals surface area contributed by atoms with Crippen molar-refractivity contribution in [3.05, 3.63) is 81.4 Å². The van der Waals surface area contributed by atoms with Gasteiger partial charge in [-0.2, -0.15) is 4.80 Å². The number of carbonyl (C=O) groups is 1. The third-order valence-electron chi connectivity index (χ3n) is 4.49. The molecule has 5 nitrogen and oxygen atoms in total. The molecular weight excluding hydrogens is 446 g/mol. The first-order valence-electron chi connectivity index (χ1n) is 8.80. The number of nitrogens with zero attached hydrogens (tertiary/aromatic N) is 3. The maximum absolute atomic E-state index is 13.1. The van der Waals surface area contributed by atoms with Gasteiger partial charge in [-0.3, -0.25) is 4.79 Å². The maximum atomic E-state index is 13.1. The van der Waals surface area contributed by atoms with E-state index in [1.165, 1.54) is 28.3 Å². The van der Waals surface area contributed by atoms with Gasteiger partial charge in [0.1, 0.15) is 21.7 Å². The normalized spacial score (nSPS) is 11.3. The second-order valence-electron chi connectivity index (χ2n) is 6.51. The molecule has 2 aromatic heterocycles. The van der Waals surface area contributed by atoms with Crippen LogP contribution in [0, 0.1) is 5.82 Å². The number of amides is 1. The van der Waals surface area contributed by atoms with E-state index < -0.39 is 0 Å². The molecule has 0 aliphatic carbocycles. The molecular formula is C21H11Cl2FN4OS. The van der Waals surface area contributed by atoms with E-state index in [-0.39, 0.29) is 11.7 Å². The monoisotopic (exact) mass is 456 g/mol. The molecule has 0 unspecified atom stereocenters. The topological polar surface area (TPSA) is 59.8 Å². The van der Waals surface area contributed by atoms with Gasteiger partial charge in [0, 0.05) is 20.8 Å². The predicted molar refractivity (Wildman–Crippen MR) is 119 cm³/mol. The highest BCUT2D eigenvalue weighted by molar-refractivity contribution is 7.21. The van der Waals surface area contributed by atoms with Crippen molar-refractivity contribution in [2.24, 2.45) is 0 Å². The Bertz CT molecular complexity index is 1430. The quantitative estimate of drug-likeness (QED) is 0.344. The molecule has 0 radical (unpaired) electrons. The molecule has 0 aliphatic heterocycles. The summed E-state index contributed by atoms with van der Waals surface area (Å²) in [6, 6.07) is 16.4. The van der Waals surface area contributed by atoms with Crippen LogP contribution in [0.1, 0.15) is 9.67 Å². The van der Waals surface area contributed by atoms with Crippen LogP contribution in [0.2, 0.25) is 10.0 Å². The van der Waals surface area contributed by atoms with Crippen LogP contribution in [0.4, 0.5) is 10.1 Å². The van der Waals surface area contributed by atoms with E-state index in [9.17, 15) is 9.18 Å². The lowest BCUT2D eigenvalue weighted by Gasteiger charge is -2.03. The number of benzene rings is 3. The standard InChI is InChI=1S/C21H11Cl2FN4OS/c22-11-1-7-15-18(9-11)30-20(19(15)23)21(29)25-13-4-8-16-17(10-13)27-28(26-16)14-5-2-12(24)3-6-14/h1-10H,(H,25,29). The highest BCUT2D eigenvalue weighted by Crippen LogP contribution is 2.37. The third-order valence-corrected chi connectivity index (χ3v) is 6.38. The summed E-state index contributed by atoms with van der Waals surface area (Å²) in [5.74, 6) is -0.648. The van der Waals surface area contributed by atoms with Crippen LogP contribution >= 0.6 is 34.5 Å². The average Bonchev–Trinajstić information content (AvgIpc) is 3.29. The van der Waals surface area contributed by atoms with E-state index in [1.54, 1.807) is 48.5 Å². The zero-order chi connectivity index (χ0) is 20.8. The number of halogens is 3. The predicted octanol–water partition coefficient (Wildman–Crippen LogP) is 6.33. The lowest BCUT2D eigenvalue weighted by atomic mass is 10.2. The zero-order valence-electron chi connectivity index (χ0n) is 15.1. The molecule has 0 fully saturated rings. The number of aromatic nitrogens is 3. The van der Waals surface area contributed by atoms with Crippen LogP contribution in [0.3, 0.4) is 0 Å². The Morgan fingerprint density at radius 3 is 2.53 bits per heavy atom. The van der Waals surface area contributed by atoms with Gasteiger partial charge in [0.2, 0.25) is 0 Å². The number of anilines is 1. The number of carbonyl (C=O) groups excluding carboxylic acids is 1. The van der Waals surface area contributed by atoms with E-state index in [0.717, 1.165) is 10.1 Å². The fourth-order valence-electron chi connectivity index (χ4n) is 3.06. The second-order valence-corrected chi connectivity index (χ2v) is 8.38. The smallest absolute Gasteiger partial charge is 0.267 e. The summed E-state index contributed by atoms with van der Waals surface area (Å²) in [5.41, 5.74) is 2.43. The highest BCUT2D eigenvalue weighted by Gasteiger charge is 2.18. The van der Waals surface area contributed by atoms with Gasteiger partial charge in [0.25, 0.3) is 5.91 Å². The molecule has 5 rings (SSSR count). The van der Waals surface area contributed by atoms with E-state index in [4.69, 9.17) is 23.2 Å². The minimum absolute atomic E-state index is 0.317. The summed E-state index contributed by atoms with van der Waals surface area (Å²) in [6.07, 6.45) is 0. The molecule has 0 saturated carbocycles. The van der Waals surface area contributed by atoms with Crippen molar-refractivity contribution in [2.45, 2.75) is 0 Å². The summed E-state index contributed by atoms with van der Waals surface area (Å²) < 4.78 is 14.0. The molecule has 3 aromatic carbocycles. The lowest BCUT2D eigenvalue weighted by molar-refractivity contribution is 0.103. The molecule has 0 atom stereocenters. The number of nitrogens with one attached hydrogen (secondary N) is 1. The first-order chi connectivity index (χ1) is 14.5. The Morgan fingerprint density at radius 2 is 1.73 bits per heavy atom. The van der Waals surface area contributed by atoms with Crippen molar-refractivity contribution in [3.8, 4) is 5.69 Å². The Kier molecular flexibility index (Phi) is 4.66. The molecule has 0 aliphatic rings. The van der Waals surface area contributed by atoms with Crippen molar-refractivity contribution >= 4 is 67.3 Å². The van der Waals surface area contributed by atoms with Crippen molar-refractivity contribution in [3.63, 3.8) is 0 Å². The molecule has 2 heterocycles. The Morgan fingerprint density at radius 1 is 0.967 bits per heavy atom. The molecule has 30 heavy (non-hydrogen) atoms. The summed E-state index contributed by atoms with van der Waals surface area (Å²) in [7, 11) is 0. The molecule has 1 amide bonds. The van der Waals surface area contributed by atoms with Crippen LogP contribution in [0.15, 0.2) is 60.7 Å². The first-order valence-corrected chi connectivity index (χ1v) is 10.4. The van der Waals surface area contributed by atoms with E-state index >= 15 is 0 Å². The van der Waals surface area contributed by atoms with Crippen molar-refractivity contribution in [1.29, 1.82) is 0 Å². The summed E-state index contributed by atoms with van der Waals surface area (Å²) in [4.78, 5) is 14.6. The number of thiophene rings is 1. The number of fused-ring (bicyclic) bond motifs is 2. The minimum atomic E-state index is -0.331. The molecule has 1 N–H and O–H groups in total. The third kappa shape index (κ3) is 3.41. The van der Waals surface area contributed by atoms with Gasteiger partial charge >= 0.3 is 0 Å². The summed E-state index contributed by atoms with van der Waals surface area (Å²) >= 11 is 13.7. The Balaban J connectivity index is 1.44. The average molecular weight is 457 g/mol. The largest absolute Gasteiger partial charge is 0.321 e. The molecule has 5 aromatic rings. The fourth-order valence-corrected chi connectivity index (χ4v) is 4.74. The van der Waals surface area contributed by atoms with Crippen molar-refractivity contribution < 1.29 is 9.18 Å². The number of hydrogen-bond acceptors (Lipinski definition) is 4. The van der Waals surface area contributed by atoms with Gasteiger partial charge in [-0.05, 0) is 54.6 Å². The van der Waals surface area contributed by atoms with Crippen LogP contribution < -0.4 is 5.32 Å². The highest BCUT2D eigenvalue weighted by atomic mass is 35.5. The second kappa shape index (κ2) is 7.36. The first kappa shape index (κ1) is 19.0. The fraction of sp³-hybridized carbons (Fsp3) is 0. The Hall–Kier alpha value is -3.00. The van der Waals surface area contributed by atoms with E-state index in [1.807, 2.05) is 0 Å². The summed E-state index contributed by atoms with van der Waals surface area (Å²) in [5, 5.41) is 13.4. The van der Waals surface area contributed by atoms with Crippen LogP contribution in [0.5, 0.6) is 0 Å². The lowest BCUT2D eigenvalue weighted by Crippen LogP contribution is -2.10.